The van der Waals surface area contributed by atoms with E-state index in [1.807, 2.05) is 18.2 Å². The molecule has 0 amide bonds. The lowest BCUT2D eigenvalue weighted by atomic mass is 9.96. The monoisotopic (exact) mass is 853 g/mol. The summed E-state index contributed by atoms with van der Waals surface area (Å²) in [5, 5.41) is 2.21. The molecule has 0 unspecified atom stereocenters. The molecule has 1 heterocycles. The highest BCUT2D eigenvalue weighted by Crippen LogP contribution is 2.45. The van der Waals surface area contributed by atoms with E-state index in [1.165, 1.54) is 44.8 Å². The van der Waals surface area contributed by atoms with Gasteiger partial charge in [0.25, 0.3) is 0 Å². The van der Waals surface area contributed by atoms with Gasteiger partial charge in [0.15, 0.2) is 11.6 Å². The van der Waals surface area contributed by atoms with Crippen molar-refractivity contribution >= 4 is 45.2 Å². The number of hydrogen-bond acceptors (Lipinski definition) is 5. The second-order valence-corrected chi connectivity index (χ2v) is 17.4. The molecule has 0 saturated heterocycles. The van der Waals surface area contributed by atoms with Gasteiger partial charge in [0.2, 0.25) is 5.95 Å². The molecule has 0 fully saturated rings. The summed E-state index contributed by atoms with van der Waals surface area (Å²) in [6.45, 7) is 13.2. The second-order valence-electron chi connectivity index (χ2n) is 17.4. The minimum absolute atomic E-state index is 0.515. The molecule has 0 N–H and O–H groups in total. The first-order chi connectivity index (χ1) is 32.2. The average Bonchev–Trinajstić information content (AvgIpc) is 3.34. The molecule has 10 rings (SSSR count). The Morgan fingerprint density at radius 2 is 0.727 bits per heavy atom. The van der Waals surface area contributed by atoms with Crippen molar-refractivity contribution in [2.24, 2.45) is 0 Å². The molecule has 0 saturated carbocycles. The maximum atomic E-state index is 5.47. The van der Waals surface area contributed by atoms with Crippen LogP contribution in [0.5, 0.6) is 0 Å². The molecule has 0 aliphatic carbocycles. The standard InChI is InChI=1S/C61H51N5/c1-40-33-42(3)57(43(4)34-40)66(58-44(5)35-41(2)36-45(58)6)54-31-29-53(30-32-54)65(56-28-18-26-48-23-16-17-27-55(48)56)61-63-59(49-24-14-9-15-25-49)62-60(64-61)52-38-50(46-19-10-7-11-20-46)37-51(39-52)47-21-12-8-13-22-47/h7-39H,1-6H3. The highest BCUT2D eigenvalue weighted by Gasteiger charge is 2.25. The molecule has 0 spiro atoms. The van der Waals surface area contributed by atoms with Gasteiger partial charge in [0.1, 0.15) is 0 Å². The Morgan fingerprint density at radius 1 is 0.318 bits per heavy atom. The fourth-order valence-corrected chi connectivity index (χ4v) is 9.60. The van der Waals surface area contributed by atoms with E-state index in [4.69, 9.17) is 15.0 Å². The summed E-state index contributed by atoms with van der Waals surface area (Å²) in [5.41, 5.74) is 18.9. The third kappa shape index (κ3) is 8.23. The molecule has 0 atom stereocenters. The van der Waals surface area contributed by atoms with Crippen molar-refractivity contribution in [3.63, 3.8) is 0 Å². The van der Waals surface area contributed by atoms with Crippen LogP contribution in [0.1, 0.15) is 33.4 Å². The summed E-state index contributed by atoms with van der Waals surface area (Å²) < 4.78 is 0. The van der Waals surface area contributed by atoms with Gasteiger partial charge in [0, 0.05) is 27.9 Å². The van der Waals surface area contributed by atoms with Gasteiger partial charge >= 0.3 is 0 Å². The smallest absolute Gasteiger partial charge is 0.238 e. The van der Waals surface area contributed by atoms with E-state index in [9.17, 15) is 0 Å². The van der Waals surface area contributed by atoms with Crippen LogP contribution in [0.25, 0.3) is 55.8 Å². The van der Waals surface area contributed by atoms with Crippen molar-refractivity contribution in [2.75, 3.05) is 9.80 Å². The molecule has 5 nitrogen and oxygen atoms in total. The molecule has 0 aliphatic rings. The van der Waals surface area contributed by atoms with E-state index in [-0.39, 0.29) is 0 Å². The van der Waals surface area contributed by atoms with Crippen LogP contribution in [0.3, 0.4) is 0 Å². The predicted octanol–water partition coefficient (Wildman–Crippen LogP) is 16.5. The highest BCUT2D eigenvalue weighted by molar-refractivity contribution is 5.98. The van der Waals surface area contributed by atoms with Gasteiger partial charge in [-0.25, -0.2) is 4.98 Å². The normalized spacial score (nSPS) is 11.2. The van der Waals surface area contributed by atoms with Crippen LogP contribution < -0.4 is 9.80 Å². The minimum atomic E-state index is 0.515. The molecule has 10 aromatic rings. The number of aryl methyl sites for hydroxylation is 6. The summed E-state index contributed by atoms with van der Waals surface area (Å²) in [6, 6.07) is 70.9. The van der Waals surface area contributed by atoms with E-state index in [2.05, 4.69) is 233 Å². The van der Waals surface area contributed by atoms with Crippen molar-refractivity contribution < 1.29 is 0 Å². The Kier molecular flexibility index (Phi) is 11.3. The van der Waals surface area contributed by atoms with Crippen LogP contribution in [-0.4, -0.2) is 15.0 Å². The highest BCUT2D eigenvalue weighted by atomic mass is 15.3. The first-order valence-corrected chi connectivity index (χ1v) is 22.6. The van der Waals surface area contributed by atoms with Crippen LogP contribution in [0.4, 0.5) is 34.4 Å². The van der Waals surface area contributed by atoms with Gasteiger partial charge in [-0.2, -0.15) is 9.97 Å². The number of rotatable bonds is 10. The molecule has 66 heavy (non-hydrogen) atoms. The van der Waals surface area contributed by atoms with Crippen LogP contribution in [0.2, 0.25) is 0 Å². The SMILES string of the molecule is Cc1cc(C)c(N(c2ccc(N(c3nc(-c4ccccc4)nc(-c4cc(-c5ccccc5)cc(-c5ccccc5)c4)n3)c3cccc4ccccc34)cc2)c2c(C)cc(C)cc2C)c(C)c1. The number of fused-ring (bicyclic) bond motifs is 1. The maximum Gasteiger partial charge on any atom is 0.238 e. The molecule has 0 bridgehead atoms. The number of anilines is 6. The summed E-state index contributed by atoms with van der Waals surface area (Å²) in [7, 11) is 0. The molecule has 9 aromatic carbocycles. The quantitative estimate of drug-likeness (QED) is 0.137. The summed E-state index contributed by atoms with van der Waals surface area (Å²) >= 11 is 0. The maximum absolute atomic E-state index is 5.47. The van der Waals surface area contributed by atoms with Crippen LogP contribution in [-0.2, 0) is 0 Å². The fourth-order valence-electron chi connectivity index (χ4n) is 9.60. The molecule has 5 heteroatoms. The Balaban J connectivity index is 1.20. The fraction of sp³-hybridized carbons (Fsp3) is 0.0984. The number of nitrogens with zero attached hydrogens (tertiary/aromatic N) is 5. The van der Waals surface area contributed by atoms with Gasteiger partial charge in [0.05, 0.1) is 17.1 Å². The van der Waals surface area contributed by atoms with E-state index >= 15 is 0 Å². The largest absolute Gasteiger partial charge is 0.309 e. The van der Waals surface area contributed by atoms with E-state index in [0.29, 0.717) is 17.6 Å². The van der Waals surface area contributed by atoms with Crippen LogP contribution >= 0.6 is 0 Å². The molecule has 0 aliphatic heterocycles. The molecular formula is C61H51N5. The Bertz CT molecular complexity index is 3200. The zero-order valence-electron chi connectivity index (χ0n) is 38.3. The molecule has 1 aromatic heterocycles. The topological polar surface area (TPSA) is 45.2 Å². The number of aromatic nitrogens is 3. The Labute approximate surface area is 388 Å². The Morgan fingerprint density at radius 3 is 1.24 bits per heavy atom. The van der Waals surface area contributed by atoms with Crippen molar-refractivity contribution in [3.05, 3.63) is 234 Å². The lowest BCUT2D eigenvalue weighted by molar-refractivity contribution is 1.02. The van der Waals surface area contributed by atoms with Crippen molar-refractivity contribution in [2.45, 2.75) is 41.5 Å². The zero-order chi connectivity index (χ0) is 45.3. The van der Waals surface area contributed by atoms with Crippen molar-refractivity contribution in [1.29, 1.82) is 0 Å². The first kappa shape index (κ1) is 41.8. The van der Waals surface area contributed by atoms with Gasteiger partial charge in [-0.3, -0.25) is 4.90 Å². The third-order valence-electron chi connectivity index (χ3n) is 12.4. The lowest BCUT2D eigenvalue weighted by Crippen LogP contribution is -2.17. The lowest BCUT2D eigenvalue weighted by Gasteiger charge is -2.32. The number of hydrogen-bond donors (Lipinski definition) is 0. The predicted molar refractivity (Wildman–Crippen MR) is 277 cm³/mol. The summed E-state index contributed by atoms with van der Waals surface area (Å²) in [5.74, 6) is 1.68. The molecule has 320 valence electrons. The second kappa shape index (κ2) is 17.8. The average molecular weight is 854 g/mol. The van der Waals surface area contributed by atoms with Crippen LogP contribution in [0, 0.1) is 41.5 Å². The van der Waals surface area contributed by atoms with Gasteiger partial charge < -0.3 is 4.90 Å². The summed E-state index contributed by atoms with van der Waals surface area (Å²) in [6.07, 6.45) is 0. The third-order valence-corrected chi connectivity index (χ3v) is 12.4. The van der Waals surface area contributed by atoms with Crippen LogP contribution in [0.15, 0.2) is 200 Å². The number of benzene rings is 9. The van der Waals surface area contributed by atoms with Crippen molar-refractivity contribution in [1.82, 2.24) is 15.0 Å². The molecule has 0 radical (unpaired) electrons. The first-order valence-electron chi connectivity index (χ1n) is 22.6. The molecular weight excluding hydrogens is 803 g/mol. The van der Waals surface area contributed by atoms with E-state index in [0.717, 1.165) is 61.2 Å². The van der Waals surface area contributed by atoms with Gasteiger partial charge in [-0.1, -0.05) is 163 Å². The van der Waals surface area contributed by atoms with E-state index < -0.39 is 0 Å². The zero-order valence-corrected chi connectivity index (χ0v) is 38.3. The van der Waals surface area contributed by atoms with E-state index in [1.54, 1.807) is 0 Å². The minimum Gasteiger partial charge on any atom is -0.309 e. The van der Waals surface area contributed by atoms with Gasteiger partial charge in [-0.05, 0) is 140 Å². The summed E-state index contributed by atoms with van der Waals surface area (Å²) in [4.78, 5) is 20.7. The van der Waals surface area contributed by atoms with Crippen molar-refractivity contribution in [3.8, 4) is 45.0 Å². The Hall–Kier alpha value is -8.15. The van der Waals surface area contributed by atoms with Gasteiger partial charge in [-0.15, -0.1) is 0 Å².